The molecule has 0 aliphatic carbocycles. The molecule has 0 aromatic carbocycles. The number of aliphatic hydroxyl groups excluding tert-OH is 3. The van der Waals surface area contributed by atoms with Gasteiger partial charge in [-0.05, 0) is 57.8 Å². The SMILES string of the molecule is CCCC/C=C\CCCCCCCC(=O)OC(COCCCCCCCC/C=C\CCCCCC)COC1OC(CO)C(O)C(OS(=O)(=O)O)C1O. The van der Waals surface area contributed by atoms with E-state index in [4.69, 9.17) is 23.5 Å². The summed E-state index contributed by atoms with van der Waals surface area (Å²) in [6, 6.07) is 0. The zero-order valence-electron chi connectivity index (χ0n) is 32.1. The Balaban J connectivity index is 2.50. The van der Waals surface area contributed by atoms with Crippen molar-refractivity contribution in [2.45, 2.75) is 192 Å². The van der Waals surface area contributed by atoms with Crippen molar-refractivity contribution >= 4 is 16.4 Å². The lowest BCUT2D eigenvalue weighted by atomic mass is 9.99. The summed E-state index contributed by atoms with van der Waals surface area (Å²) in [6.45, 7) is 3.89. The molecule has 13 heteroatoms. The van der Waals surface area contributed by atoms with Gasteiger partial charge in [-0.2, -0.15) is 8.42 Å². The van der Waals surface area contributed by atoms with Gasteiger partial charge in [0.15, 0.2) is 6.29 Å². The number of unbranched alkanes of at least 4 members (excludes halogenated alkanes) is 17. The lowest BCUT2D eigenvalue weighted by Gasteiger charge is -2.41. The summed E-state index contributed by atoms with van der Waals surface area (Å²) in [7, 11) is -5.06. The Morgan fingerprint density at radius 1 is 0.712 bits per heavy atom. The number of aliphatic hydroxyl groups is 3. The molecule has 4 N–H and O–H groups in total. The second-order valence-corrected chi connectivity index (χ2v) is 14.9. The molecule has 1 heterocycles. The zero-order chi connectivity index (χ0) is 38.3. The number of carbonyl (C=O) groups excluding carboxylic acids is 1. The summed E-state index contributed by atoms with van der Waals surface area (Å²) >= 11 is 0. The van der Waals surface area contributed by atoms with Crippen LogP contribution in [0, 0.1) is 0 Å². The van der Waals surface area contributed by atoms with E-state index in [-0.39, 0.29) is 19.6 Å². The second-order valence-electron chi connectivity index (χ2n) is 13.9. The molecule has 0 saturated carbocycles. The van der Waals surface area contributed by atoms with Crippen LogP contribution in [0.15, 0.2) is 24.3 Å². The lowest BCUT2D eigenvalue weighted by Crippen LogP contribution is -2.60. The molecule has 6 atom stereocenters. The first-order valence-corrected chi connectivity index (χ1v) is 21.5. The van der Waals surface area contributed by atoms with Crippen molar-refractivity contribution in [2.75, 3.05) is 26.4 Å². The van der Waals surface area contributed by atoms with Gasteiger partial charge in [0.25, 0.3) is 0 Å². The van der Waals surface area contributed by atoms with Crippen LogP contribution >= 0.6 is 0 Å². The van der Waals surface area contributed by atoms with Crippen LogP contribution in [0.5, 0.6) is 0 Å². The van der Waals surface area contributed by atoms with Crippen LogP contribution in [0.4, 0.5) is 0 Å². The van der Waals surface area contributed by atoms with Crippen molar-refractivity contribution in [3.8, 4) is 0 Å². The Kier molecular flexibility index (Phi) is 29.8. The molecule has 1 saturated heterocycles. The minimum atomic E-state index is -5.06. The molecule has 0 spiro atoms. The highest BCUT2D eigenvalue weighted by Gasteiger charge is 2.48. The molecular weight excluding hydrogens is 692 g/mol. The Morgan fingerprint density at radius 3 is 1.79 bits per heavy atom. The molecule has 1 aliphatic rings. The number of hydrogen-bond donors (Lipinski definition) is 4. The maximum atomic E-state index is 12.7. The summed E-state index contributed by atoms with van der Waals surface area (Å²) in [4.78, 5) is 12.7. The predicted octanol–water partition coefficient (Wildman–Crippen LogP) is 7.29. The smallest absolute Gasteiger partial charge is 0.397 e. The van der Waals surface area contributed by atoms with Crippen LogP contribution < -0.4 is 0 Å². The Bertz CT molecular complexity index is 1020. The normalized spacial score (nSPS) is 21.7. The monoisotopic (exact) mass is 764 g/mol. The number of allylic oxidation sites excluding steroid dienone is 4. The van der Waals surface area contributed by atoms with Gasteiger partial charge in [-0.25, -0.2) is 4.18 Å². The van der Waals surface area contributed by atoms with Crippen molar-refractivity contribution < 1.29 is 56.2 Å². The van der Waals surface area contributed by atoms with Crippen molar-refractivity contribution in [1.82, 2.24) is 0 Å². The van der Waals surface area contributed by atoms with Gasteiger partial charge < -0.3 is 34.3 Å². The number of carbonyl (C=O) groups is 1. The lowest BCUT2D eigenvalue weighted by molar-refractivity contribution is -0.301. The second kappa shape index (κ2) is 31.9. The number of ether oxygens (including phenoxy) is 4. The van der Waals surface area contributed by atoms with Crippen molar-refractivity contribution in [3.63, 3.8) is 0 Å². The third kappa shape index (κ3) is 25.6. The minimum Gasteiger partial charge on any atom is -0.457 e. The fourth-order valence-corrected chi connectivity index (χ4v) is 6.45. The van der Waals surface area contributed by atoms with Crippen LogP contribution in [-0.4, -0.2) is 97.5 Å². The molecule has 306 valence electrons. The average molecular weight is 765 g/mol. The fourth-order valence-electron chi connectivity index (χ4n) is 5.94. The topological polar surface area (TPSA) is 178 Å². The van der Waals surface area contributed by atoms with Crippen LogP contribution in [0.2, 0.25) is 0 Å². The quantitative estimate of drug-likeness (QED) is 0.0223. The highest BCUT2D eigenvalue weighted by atomic mass is 32.3. The highest BCUT2D eigenvalue weighted by Crippen LogP contribution is 2.26. The molecule has 1 aliphatic heterocycles. The van der Waals surface area contributed by atoms with Gasteiger partial charge in [-0.15, -0.1) is 0 Å². The molecule has 1 rings (SSSR count). The van der Waals surface area contributed by atoms with E-state index in [0.29, 0.717) is 13.0 Å². The molecule has 0 bridgehead atoms. The molecule has 52 heavy (non-hydrogen) atoms. The molecule has 0 aromatic rings. The number of rotatable bonds is 34. The van der Waals surface area contributed by atoms with Crippen LogP contribution in [0.3, 0.4) is 0 Å². The Morgan fingerprint density at radius 2 is 1.23 bits per heavy atom. The van der Waals surface area contributed by atoms with E-state index in [9.17, 15) is 28.5 Å². The van der Waals surface area contributed by atoms with Crippen LogP contribution in [-0.2, 0) is 38.3 Å². The first-order chi connectivity index (χ1) is 25.1. The number of hydrogen-bond acceptors (Lipinski definition) is 11. The molecule has 0 radical (unpaired) electrons. The molecule has 12 nitrogen and oxygen atoms in total. The first kappa shape index (κ1) is 48.6. The van der Waals surface area contributed by atoms with Crippen LogP contribution in [0.1, 0.15) is 155 Å². The Hall–Kier alpha value is -1.42. The van der Waals surface area contributed by atoms with E-state index in [0.717, 1.165) is 64.2 Å². The summed E-state index contributed by atoms with van der Waals surface area (Å²) in [6.07, 6.45) is 23.6. The average Bonchev–Trinajstić information content (AvgIpc) is 3.11. The highest BCUT2D eigenvalue weighted by molar-refractivity contribution is 7.80. The van der Waals surface area contributed by atoms with Gasteiger partial charge in [0.2, 0.25) is 0 Å². The van der Waals surface area contributed by atoms with Gasteiger partial charge in [0.05, 0.1) is 19.8 Å². The molecule has 1 fully saturated rings. The van der Waals surface area contributed by atoms with Gasteiger partial charge in [-0.3, -0.25) is 9.35 Å². The summed E-state index contributed by atoms with van der Waals surface area (Å²) in [5.41, 5.74) is 0. The van der Waals surface area contributed by atoms with E-state index < -0.39 is 59.8 Å². The van der Waals surface area contributed by atoms with Gasteiger partial charge in [0, 0.05) is 13.0 Å². The zero-order valence-corrected chi connectivity index (χ0v) is 32.9. The number of esters is 1. The maximum Gasteiger partial charge on any atom is 0.397 e. The van der Waals surface area contributed by atoms with Gasteiger partial charge in [0.1, 0.15) is 30.5 Å². The minimum absolute atomic E-state index is 0.0299. The first-order valence-electron chi connectivity index (χ1n) is 20.1. The molecule has 0 amide bonds. The standard InChI is InChI=1S/C39H72O12S/c1-3-5-7-9-11-13-15-16-17-19-21-23-25-27-29-47-31-33(49-35(41)28-26-24-22-20-18-14-12-10-8-6-4-2)32-48-39-37(43)38(51-52(44,45)46)36(42)34(30-40)50-39/h10,12-13,15,33-34,36-40,42-43H,3-9,11,14,16-32H2,1-2H3,(H,44,45,46)/b12-10-,15-13-. The Labute approximate surface area is 314 Å². The van der Waals surface area contributed by atoms with E-state index in [2.05, 4.69) is 42.3 Å². The van der Waals surface area contributed by atoms with E-state index in [1.807, 2.05) is 0 Å². The van der Waals surface area contributed by atoms with E-state index >= 15 is 0 Å². The summed E-state index contributed by atoms with van der Waals surface area (Å²) in [5.74, 6) is -0.413. The molecular formula is C39H72O12S. The molecule has 6 unspecified atom stereocenters. The van der Waals surface area contributed by atoms with Gasteiger partial charge >= 0.3 is 16.4 Å². The maximum absolute atomic E-state index is 12.7. The van der Waals surface area contributed by atoms with Crippen molar-refractivity contribution in [3.05, 3.63) is 24.3 Å². The van der Waals surface area contributed by atoms with Crippen molar-refractivity contribution in [1.29, 1.82) is 0 Å². The van der Waals surface area contributed by atoms with E-state index in [1.54, 1.807) is 0 Å². The largest absolute Gasteiger partial charge is 0.457 e. The fraction of sp³-hybridized carbons (Fsp3) is 0.872. The summed E-state index contributed by atoms with van der Waals surface area (Å²) in [5, 5.41) is 30.5. The van der Waals surface area contributed by atoms with Gasteiger partial charge in [-0.1, -0.05) is 115 Å². The third-order valence-electron chi connectivity index (χ3n) is 9.05. The predicted molar refractivity (Wildman–Crippen MR) is 202 cm³/mol. The van der Waals surface area contributed by atoms with Crippen molar-refractivity contribution in [2.24, 2.45) is 0 Å². The third-order valence-corrected chi connectivity index (χ3v) is 9.51. The van der Waals surface area contributed by atoms with Crippen LogP contribution in [0.25, 0.3) is 0 Å². The van der Waals surface area contributed by atoms with E-state index in [1.165, 1.54) is 64.2 Å². The molecule has 0 aromatic heterocycles. The summed E-state index contributed by atoms with van der Waals surface area (Å²) < 4.78 is 58.8.